The van der Waals surface area contributed by atoms with Crippen LogP contribution in [0.5, 0.6) is 23.0 Å². The third-order valence-corrected chi connectivity index (χ3v) is 6.96. The van der Waals surface area contributed by atoms with Crippen LogP contribution in [0.3, 0.4) is 0 Å². The molecule has 0 aliphatic carbocycles. The molecule has 0 unspecified atom stereocenters. The molecular weight excluding hydrogens is 536 g/mol. The summed E-state index contributed by atoms with van der Waals surface area (Å²) in [5, 5.41) is 0. The van der Waals surface area contributed by atoms with Crippen LogP contribution in [-0.4, -0.2) is 26.2 Å². The molecule has 4 aromatic rings. The zero-order chi connectivity index (χ0) is 29.2. The van der Waals surface area contributed by atoms with E-state index in [-0.39, 0.29) is 0 Å². The third-order valence-electron chi connectivity index (χ3n) is 5.87. The Balaban J connectivity index is 1.69. The summed E-state index contributed by atoms with van der Waals surface area (Å²) in [7, 11) is 3.25. The molecular formula is C34H30O6S. The number of rotatable bonds is 10. The Hall–Kier alpha value is -4.75. The van der Waals surface area contributed by atoms with Gasteiger partial charge in [-0.25, -0.2) is 0 Å². The zero-order valence-electron chi connectivity index (χ0n) is 23.3. The van der Waals surface area contributed by atoms with E-state index in [0.717, 1.165) is 33.8 Å². The molecule has 7 heteroatoms. The molecule has 0 atom stereocenters. The van der Waals surface area contributed by atoms with Crippen LogP contribution in [-0.2, 0) is 9.59 Å². The van der Waals surface area contributed by atoms with E-state index < -0.39 is 11.9 Å². The van der Waals surface area contributed by atoms with Crippen molar-refractivity contribution in [2.45, 2.75) is 23.6 Å². The zero-order valence-corrected chi connectivity index (χ0v) is 24.1. The van der Waals surface area contributed by atoms with Gasteiger partial charge < -0.3 is 18.9 Å². The highest BCUT2D eigenvalue weighted by Gasteiger charge is 2.17. The molecule has 0 aliphatic heterocycles. The molecule has 0 aromatic heterocycles. The van der Waals surface area contributed by atoms with Gasteiger partial charge in [0.15, 0.2) is 11.5 Å². The maximum atomic E-state index is 12.1. The molecule has 0 aliphatic rings. The molecule has 0 spiro atoms. The van der Waals surface area contributed by atoms with Crippen molar-refractivity contribution in [3.63, 3.8) is 0 Å². The molecule has 41 heavy (non-hydrogen) atoms. The van der Waals surface area contributed by atoms with Gasteiger partial charge in [0.25, 0.3) is 0 Å². The lowest BCUT2D eigenvalue weighted by atomic mass is 10.1. The van der Waals surface area contributed by atoms with Gasteiger partial charge in [0, 0.05) is 25.0 Å². The minimum absolute atomic E-state index is 0.419. The SMILES string of the molecule is COc1ccc(/C=C\c2cccc(Sc3cccc(/C=C\c4ccc(OC)cc4)c3OC(C)=O)c2OC(C)=O)cc1. The summed E-state index contributed by atoms with van der Waals surface area (Å²) in [6, 6.07) is 26.6. The van der Waals surface area contributed by atoms with Crippen molar-refractivity contribution in [3.05, 3.63) is 107 Å². The quantitative estimate of drug-likeness (QED) is 0.109. The van der Waals surface area contributed by atoms with Crippen LogP contribution in [0, 0.1) is 0 Å². The van der Waals surface area contributed by atoms with E-state index in [1.807, 2.05) is 109 Å². The molecule has 0 fully saturated rings. The van der Waals surface area contributed by atoms with Crippen molar-refractivity contribution >= 4 is 48.0 Å². The fourth-order valence-corrected chi connectivity index (χ4v) is 4.95. The van der Waals surface area contributed by atoms with E-state index in [4.69, 9.17) is 18.9 Å². The van der Waals surface area contributed by atoms with Crippen LogP contribution >= 0.6 is 11.8 Å². The first-order chi connectivity index (χ1) is 19.9. The third kappa shape index (κ3) is 8.13. The normalized spacial score (nSPS) is 11.0. The number of carbonyl (C=O) groups is 2. The van der Waals surface area contributed by atoms with Gasteiger partial charge in [-0.1, -0.05) is 84.6 Å². The summed E-state index contributed by atoms with van der Waals surface area (Å²) in [4.78, 5) is 25.6. The summed E-state index contributed by atoms with van der Waals surface area (Å²) >= 11 is 1.35. The highest BCUT2D eigenvalue weighted by Crippen LogP contribution is 2.43. The average molecular weight is 567 g/mol. The first-order valence-corrected chi connectivity index (χ1v) is 13.6. The van der Waals surface area contributed by atoms with Crippen LogP contribution in [0.1, 0.15) is 36.1 Å². The van der Waals surface area contributed by atoms with Crippen molar-refractivity contribution in [1.29, 1.82) is 0 Å². The molecule has 0 N–H and O–H groups in total. The van der Waals surface area contributed by atoms with E-state index in [2.05, 4.69) is 0 Å². The highest BCUT2D eigenvalue weighted by atomic mass is 32.2. The van der Waals surface area contributed by atoms with Crippen LogP contribution in [0.25, 0.3) is 24.3 Å². The standard InChI is InChI=1S/C34H30O6S/c1-23(35)39-33-27(17-11-25-13-19-29(37-3)20-14-25)7-5-9-31(33)41-32-10-6-8-28(34(32)40-24(2)36)18-12-26-15-21-30(38-4)22-16-26/h5-22H,1-4H3/b17-11-,18-12-. The maximum absolute atomic E-state index is 12.1. The number of esters is 2. The van der Waals surface area contributed by atoms with Crippen molar-refractivity contribution in [1.82, 2.24) is 0 Å². The minimum Gasteiger partial charge on any atom is -0.497 e. The van der Waals surface area contributed by atoms with Gasteiger partial charge in [0.2, 0.25) is 0 Å². The average Bonchev–Trinajstić information content (AvgIpc) is 2.97. The Labute approximate surface area is 244 Å². The van der Waals surface area contributed by atoms with Crippen molar-refractivity contribution in [3.8, 4) is 23.0 Å². The van der Waals surface area contributed by atoms with Crippen LogP contribution in [0.4, 0.5) is 0 Å². The molecule has 6 nitrogen and oxygen atoms in total. The van der Waals surface area contributed by atoms with Gasteiger partial charge in [-0.05, 0) is 47.5 Å². The van der Waals surface area contributed by atoms with Gasteiger partial charge in [0.1, 0.15) is 11.5 Å². The first-order valence-electron chi connectivity index (χ1n) is 12.8. The topological polar surface area (TPSA) is 71.1 Å². The number of carbonyl (C=O) groups excluding carboxylic acids is 2. The number of hydrogen-bond acceptors (Lipinski definition) is 7. The van der Waals surface area contributed by atoms with E-state index >= 15 is 0 Å². The molecule has 0 bridgehead atoms. The van der Waals surface area contributed by atoms with E-state index in [9.17, 15) is 9.59 Å². The fraction of sp³-hybridized carbons (Fsp3) is 0.118. The number of benzene rings is 4. The van der Waals surface area contributed by atoms with Gasteiger partial charge >= 0.3 is 11.9 Å². The Morgan fingerprint density at radius 1 is 0.561 bits per heavy atom. The number of hydrogen-bond donors (Lipinski definition) is 0. The van der Waals surface area contributed by atoms with Gasteiger partial charge in [-0.2, -0.15) is 0 Å². The highest BCUT2D eigenvalue weighted by molar-refractivity contribution is 7.99. The lowest BCUT2D eigenvalue weighted by Crippen LogP contribution is -2.05. The van der Waals surface area contributed by atoms with Crippen molar-refractivity contribution in [2.24, 2.45) is 0 Å². The van der Waals surface area contributed by atoms with E-state index in [1.54, 1.807) is 14.2 Å². The largest absolute Gasteiger partial charge is 0.497 e. The van der Waals surface area contributed by atoms with Crippen LogP contribution in [0.15, 0.2) is 94.7 Å². The Morgan fingerprint density at radius 2 is 0.951 bits per heavy atom. The lowest BCUT2D eigenvalue weighted by Gasteiger charge is -2.15. The molecule has 0 radical (unpaired) electrons. The molecule has 0 amide bonds. The predicted octanol–water partition coefficient (Wildman–Crippen LogP) is 8.05. The van der Waals surface area contributed by atoms with Gasteiger partial charge in [0.05, 0.1) is 24.0 Å². The predicted molar refractivity (Wildman–Crippen MR) is 163 cm³/mol. The second-order valence-corrected chi connectivity index (χ2v) is 9.94. The van der Waals surface area contributed by atoms with Crippen LogP contribution < -0.4 is 18.9 Å². The lowest BCUT2D eigenvalue weighted by molar-refractivity contribution is -0.133. The van der Waals surface area contributed by atoms with Crippen LogP contribution in [0.2, 0.25) is 0 Å². The minimum atomic E-state index is -0.437. The summed E-state index contributed by atoms with van der Waals surface area (Å²) in [5.74, 6) is 1.50. The number of ether oxygens (including phenoxy) is 4. The Bertz CT molecular complexity index is 1450. The number of methoxy groups -OCH3 is 2. The van der Waals surface area contributed by atoms with Gasteiger partial charge in [-0.15, -0.1) is 0 Å². The molecule has 4 aromatic carbocycles. The fourth-order valence-electron chi connectivity index (χ4n) is 3.92. The molecule has 0 saturated carbocycles. The molecule has 0 heterocycles. The summed E-state index contributed by atoms with van der Waals surface area (Å²) < 4.78 is 21.8. The van der Waals surface area contributed by atoms with Gasteiger partial charge in [-0.3, -0.25) is 9.59 Å². The second kappa shape index (κ2) is 14.1. The second-order valence-electron chi connectivity index (χ2n) is 8.85. The van der Waals surface area contributed by atoms with Crippen molar-refractivity contribution in [2.75, 3.05) is 14.2 Å². The maximum Gasteiger partial charge on any atom is 0.308 e. The first kappa shape index (κ1) is 29.2. The van der Waals surface area contributed by atoms with Crippen molar-refractivity contribution < 1.29 is 28.5 Å². The summed E-state index contributed by atoms with van der Waals surface area (Å²) in [6.45, 7) is 2.74. The summed E-state index contributed by atoms with van der Waals surface area (Å²) in [5.41, 5.74) is 3.38. The van der Waals surface area contributed by atoms with E-state index in [1.165, 1.54) is 25.6 Å². The molecule has 0 saturated heterocycles. The van der Waals surface area contributed by atoms with E-state index in [0.29, 0.717) is 21.3 Å². The molecule has 4 rings (SSSR count). The Kier molecular flexibility index (Phi) is 10.0. The Morgan fingerprint density at radius 3 is 1.29 bits per heavy atom. The number of para-hydroxylation sites is 2. The monoisotopic (exact) mass is 566 g/mol. The smallest absolute Gasteiger partial charge is 0.308 e. The summed E-state index contributed by atoms with van der Waals surface area (Å²) in [6.07, 6.45) is 7.66. The molecule has 208 valence electrons.